The summed E-state index contributed by atoms with van der Waals surface area (Å²) in [6, 6.07) is 14.9. The molecule has 3 rings (SSSR count). The molecule has 0 radical (unpaired) electrons. The van der Waals surface area contributed by atoms with Crippen LogP contribution in [0, 0.1) is 6.92 Å². The topological polar surface area (TPSA) is 56.2 Å². The van der Waals surface area contributed by atoms with Gasteiger partial charge in [0, 0.05) is 11.1 Å². The van der Waals surface area contributed by atoms with Crippen molar-refractivity contribution >= 4 is 16.7 Å². The van der Waals surface area contributed by atoms with Crippen LogP contribution in [0.25, 0.3) is 22.1 Å². The molecule has 2 aromatic carbocycles. The molecule has 0 fully saturated rings. The van der Waals surface area contributed by atoms with Crippen molar-refractivity contribution in [3.05, 3.63) is 64.5 Å². The first-order valence-corrected chi connectivity index (χ1v) is 6.04. The smallest absolute Gasteiger partial charge is 0.344 e. The van der Waals surface area contributed by atoms with E-state index in [-0.39, 0.29) is 5.63 Å². The highest BCUT2D eigenvalue weighted by atomic mass is 16.4. The van der Waals surface area contributed by atoms with Crippen molar-refractivity contribution in [3.8, 4) is 11.1 Å². The highest BCUT2D eigenvalue weighted by molar-refractivity contribution is 5.82. The first-order chi connectivity index (χ1) is 9.13. The lowest BCUT2D eigenvalue weighted by Gasteiger charge is -2.03. The monoisotopic (exact) mass is 251 g/mol. The maximum absolute atomic E-state index is 12.0. The molecule has 2 N–H and O–H groups in total. The molecule has 0 aliphatic carbocycles. The van der Waals surface area contributed by atoms with E-state index in [0.717, 1.165) is 16.5 Å². The molecule has 1 aromatic heterocycles. The van der Waals surface area contributed by atoms with Gasteiger partial charge in [0.05, 0.1) is 5.56 Å². The van der Waals surface area contributed by atoms with Crippen LogP contribution in [0.15, 0.2) is 57.7 Å². The van der Waals surface area contributed by atoms with Crippen LogP contribution in [0.2, 0.25) is 0 Å². The summed E-state index contributed by atoms with van der Waals surface area (Å²) in [6.07, 6.45) is 0. The number of hydrogen-bond donors (Lipinski definition) is 1. The van der Waals surface area contributed by atoms with Gasteiger partial charge in [-0.3, -0.25) is 0 Å². The average Bonchev–Trinajstić information content (AvgIpc) is 2.39. The predicted octanol–water partition coefficient (Wildman–Crippen LogP) is 3.35. The van der Waals surface area contributed by atoms with E-state index in [1.54, 1.807) is 12.1 Å². The Labute approximate surface area is 110 Å². The van der Waals surface area contributed by atoms with Crippen LogP contribution < -0.4 is 11.4 Å². The van der Waals surface area contributed by atoms with Crippen molar-refractivity contribution in [1.29, 1.82) is 0 Å². The van der Waals surface area contributed by atoms with Crippen molar-refractivity contribution in [2.75, 3.05) is 5.73 Å². The number of nitrogen functional groups attached to an aromatic ring is 1. The Bertz CT molecular complexity index is 801. The van der Waals surface area contributed by atoms with Crippen LogP contribution in [0.4, 0.5) is 5.69 Å². The van der Waals surface area contributed by atoms with Crippen LogP contribution in [-0.2, 0) is 0 Å². The third-order valence-corrected chi connectivity index (χ3v) is 3.11. The van der Waals surface area contributed by atoms with Gasteiger partial charge in [0.2, 0.25) is 0 Å². The number of nitrogens with two attached hydrogens (primary N) is 1. The van der Waals surface area contributed by atoms with E-state index in [0.29, 0.717) is 16.8 Å². The number of hydrogen-bond acceptors (Lipinski definition) is 3. The molecule has 0 bridgehead atoms. The summed E-state index contributed by atoms with van der Waals surface area (Å²) < 4.78 is 5.37. The number of rotatable bonds is 1. The zero-order chi connectivity index (χ0) is 13.4. The summed E-state index contributed by atoms with van der Waals surface area (Å²) in [4.78, 5) is 12.0. The molecule has 0 saturated carbocycles. The summed E-state index contributed by atoms with van der Waals surface area (Å²) in [5.41, 5.74) is 9.03. The fraction of sp³-hybridized carbons (Fsp3) is 0.0625. The molecule has 0 aliphatic heterocycles. The van der Waals surface area contributed by atoms with E-state index >= 15 is 0 Å². The molecule has 0 aliphatic rings. The van der Waals surface area contributed by atoms with Gasteiger partial charge in [-0.25, -0.2) is 4.79 Å². The molecule has 19 heavy (non-hydrogen) atoms. The van der Waals surface area contributed by atoms with E-state index < -0.39 is 0 Å². The van der Waals surface area contributed by atoms with Gasteiger partial charge in [-0.1, -0.05) is 24.3 Å². The maximum Gasteiger partial charge on any atom is 0.344 e. The number of aryl methyl sites for hydroxylation is 1. The highest BCUT2D eigenvalue weighted by Crippen LogP contribution is 2.22. The molecule has 3 heteroatoms. The van der Waals surface area contributed by atoms with Gasteiger partial charge in [0.15, 0.2) is 0 Å². The normalized spacial score (nSPS) is 10.8. The molecule has 94 valence electrons. The van der Waals surface area contributed by atoms with Gasteiger partial charge in [-0.2, -0.15) is 0 Å². The van der Waals surface area contributed by atoms with Crippen molar-refractivity contribution in [3.63, 3.8) is 0 Å². The number of fused-ring (bicyclic) bond motifs is 1. The summed E-state index contributed by atoms with van der Waals surface area (Å²) in [7, 11) is 0. The Morgan fingerprint density at radius 1 is 1.00 bits per heavy atom. The Kier molecular flexibility index (Phi) is 2.60. The highest BCUT2D eigenvalue weighted by Gasteiger charge is 2.07. The van der Waals surface area contributed by atoms with Crippen LogP contribution in [0.5, 0.6) is 0 Å². The minimum atomic E-state index is -0.331. The van der Waals surface area contributed by atoms with Crippen LogP contribution >= 0.6 is 0 Å². The lowest BCUT2D eigenvalue weighted by molar-refractivity contribution is 0.563. The first-order valence-electron chi connectivity index (χ1n) is 6.04. The van der Waals surface area contributed by atoms with E-state index in [1.165, 1.54) is 0 Å². The molecule has 0 unspecified atom stereocenters. The quantitative estimate of drug-likeness (QED) is 0.533. The summed E-state index contributed by atoms with van der Waals surface area (Å²) >= 11 is 0. The average molecular weight is 251 g/mol. The second-order valence-electron chi connectivity index (χ2n) is 4.61. The van der Waals surface area contributed by atoms with Crippen molar-refractivity contribution in [1.82, 2.24) is 0 Å². The number of anilines is 1. The van der Waals surface area contributed by atoms with E-state index in [1.807, 2.05) is 43.3 Å². The van der Waals surface area contributed by atoms with Crippen LogP contribution in [-0.4, -0.2) is 0 Å². The van der Waals surface area contributed by atoms with Gasteiger partial charge in [-0.15, -0.1) is 0 Å². The lowest BCUT2D eigenvalue weighted by atomic mass is 10.1. The van der Waals surface area contributed by atoms with E-state index in [2.05, 4.69) is 0 Å². The molecule has 0 saturated heterocycles. The maximum atomic E-state index is 12.0. The van der Waals surface area contributed by atoms with Gasteiger partial charge in [0.25, 0.3) is 0 Å². The van der Waals surface area contributed by atoms with Crippen LogP contribution in [0.3, 0.4) is 0 Å². The Morgan fingerprint density at radius 2 is 1.74 bits per heavy atom. The zero-order valence-electron chi connectivity index (χ0n) is 10.5. The third kappa shape index (κ3) is 2.10. The van der Waals surface area contributed by atoms with Crippen molar-refractivity contribution in [2.45, 2.75) is 6.92 Å². The van der Waals surface area contributed by atoms with Gasteiger partial charge in [0.1, 0.15) is 5.58 Å². The predicted molar refractivity (Wildman–Crippen MR) is 77.1 cm³/mol. The fourth-order valence-electron chi connectivity index (χ4n) is 2.08. The second kappa shape index (κ2) is 4.28. The van der Waals surface area contributed by atoms with Gasteiger partial charge in [-0.05, 0) is 42.3 Å². The molecule has 3 nitrogen and oxygen atoms in total. The summed E-state index contributed by atoms with van der Waals surface area (Å²) in [5.74, 6) is 0. The largest absolute Gasteiger partial charge is 0.422 e. The van der Waals surface area contributed by atoms with Crippen LogP contribution in [0.1, 0.15) is 5.56 Å². The van der Waals surface area contributed by atoms with Crippen molar-refractivity contribution < 1.29 is 4.42 Å². The van der Waals surface area contributed by atoms with E-state index in [4.69, 9.17) is 10.2 Å². The molecular formula is C16H13NO2. The van der Waals surface area contributed by atoms with E-state index in [9.17, 15) is 4.79 Å². The Morgan fingerprint density at radius 3 is 2.47 bits per heavy atom. The molecule has 0 amide bonds. The molecule has 3 aromatic rings. The Balaban J connectivity index is 2.24. The number of benzene rings is 2. The second-order valence-corrected chi connectivity index (χ2v) is 4.61. The lowest BCUT2D eigenvalue weighted by Crippen LogP contribution is -2.02. The molecule has 1 heterocycles. The molecular weight excluding hydrogens is 238 g/mol. The summed E-state index contributed by atoms with van der Waals surface area (Å²) in [5, 5.41) is 0.914. The summed E-state index contributed by atoms with van der Waals surface area (Å²) in [6.45, 7) is 1.97. The molecule has 0 spiro atoms. The van der Waals surface area contributed by atoms with Gasteiger partial charge < -0.3 is 10.2 Å². The van der Waals surface area contributed by atoms with Gasteiger partial charge >= 0.3 is 5.63 Å². The zero-order valence-corrected chi connectivity index (χ0v) is 10.5. The minimum absolute atomic E-state index is 0.331. The standard InChI is InChI=1S/C16H13NO2/c1-10-2-3-12-9-14(16(18)19-15(12)8-10)11-4-6-13(17)7-5-11/h2-9H,17H2,1H3. The molecule has 0 atom stereocenters. The van der Waals surface area contributed by atoms with Crippen molar-refractivity contribution in [2.24, 2.45) is 0 Å². The minimum Gasteiger partial charge on any atom is -0.422 e. The fourth-order valence-corrected chi connectivity index (χ4v) is 2.08. The Hall–Kier alpha value is -2.55. The third-order valence-electron chi connectivity index (χ3n) is 3.11. The SMILES string of the molecule is Cc1ccc2cc(-c3ccc(N)cc3)c(=O)oc2c1. The first kappa shape index (κ1) is 11.5.